The van der Waals surface area contributed by atoms with Crippen molar-refractivity contribution in [3.63, 3.8) is 0 Å². The lowest BCUT2D eigenvalue weighted by atomic mass is 10.0. The average molecular weight is 304 g/mol. The van der Waals surface area contributed by atoms with Crippen molar-refractivity contribution >= 4 is 15.9 Å². The smallest absolute Gasteiger partial charge is 0.125 e. The Bertz CT molecular complexity index is 360. The molecule has 0 amide bonds. The second-order valence-corrected chi connectivity index (χ2v) is 4.60. The van der Waals surface area contributed by atoms with Gasteiger partial charge in [0.25, 0.3) is 0 Å². The maximum Gasteiger partial charge on any atom is 0.125 e. The molecule has 1 aromatic rings. The monoisotopic (exact) mass is 303 g/mol. The van der Waals surface area contributed by atoms with Crippen LogP contribution in [0.4, 0.5) is 0 Å². The van der Waals surface area contributed by atoms with Crippen molar-refractivity contribution in [3.8, 4) is 5.75 Å². The molecule has 2 atom stereocenters. The Morgan fingerprint density at radius 2 is 2.12 bits per heavy atom. The quantitative estimate of drug-likeness (QED) is 0.745. The summed E-state index contributed by atoms with van der Waals surface area (Å²) in [6.45, 7) is 2.71. The summed E-state index contributed by atoms with van der Waals surface area (Å²) in [6.07, 6.45) is -1.84. The number of hydrogen-bond acceptors (Lipinski definition) is 4. The van der Waals surface area contributed by atoms with E-state index in [-0.39, 0.29) is 0 Å². The van der Waals surface area contributed by atoms with Gasteiger partial charge < -0.3 is 20.3 Å². The van der Waals surface area contributed by atoms with E-state index in [2.05, 4.69) is 21.2 Å². The summed E-state index contributed by atoms with van der Waals surface area (Å²) in [5.74, 6) is 0.596. The van der Waals surface area contributed by atoms with Gasteiger partial charge in [-0.05, 0) is 32.2 Å². The van der Waals surface area contributed by atoms with Crippen LogP contribution in [0, 0.1) is 0 Å². The fourth-order valence-electron chi connectivity index (χ4n) is 1.57. The van der Waals surface area contributed by atoms with Crippen molar-refractivity contribution in [2.24, 2.45) is 0 Å². The van der Waals surface area contributed by atoms with E-state index in [0.717, 1.165) is 4.47 Å². The second-order valence-electron chi connectivity index (χ2n) is 3.69. The largest absolute Gasteiger partial charge is 0.493 e. The number of nitrogens with one attached hydrogen (secondary N) is 1. The average Bonchev–Trinajstić information content (AvgIpc) is 2.31. The summed E-state index contributed by atoms with van der Waals surface area (Å²) in [4.78, 5) is 0. The summed E-state index contributed by atoms with van der Waals surface area (Å²) < 4.78 is 6.27. The van der Waals surface area contributed by atoms with Gasteiger partial charge in [-0.3, -0.25) is 0 Å². The molecule has 0 radical (unpaired) electrons. The molecular formula is C12H18BrNO3. The number of ether oxygens (including phenoxy) is 1. The molecule has 0 saturated carbocycles. The Labute approximate surface area is 110 Å². The summed E-state index contributed by atoms with van der Waals surface area (Å²) >= 11 is 3.34. The molecule has 5 heteroatoms. The minimum atomic E-state index is -0.971. The van der Waals surface area contributed by atoms with E-state index in [9.17, 15) is 10.2 Å². The molecule has 4 nitrogen and oxygen atoms in total. The van der Waals surface area contributed by atoms with Crippen molar-refractivity contribution in [2.75, 3.05) is 20.2 Å². The van der Waals surface area contributed by atoms with Crippen molar-refractivity contribution in [1.29, 1.82) is 0 Å². The Balaban J connectivity index is 2.96. The molecular weight excluding hydrogens is 286 g/mol. The Morgan fingerprint density at radius 3 is 2.71 bits per heavy atom. The van der Waals surface area contributed by atoms with Gasteiger partial charge in [0, 0.05) is 16.6 Å². The lowest BCUT2D eigenvalue weighted by Gasteiger charge is -2.20. The van der Waals surface area contributed by atoms with Gasteiger partial charge in [-0.2, -0.15) is 0 Å². The van der Waals surface area contributed by atoms with E-state index in [4.69, 9.17) is 4.74 Å². The first-order valence-electron chi connectivity index (χ1n) is 5.53. The van der Waals surface area contributed by atoms with Gasteiger partial charge in [-0.1, -0.05) is 15.9 Å². The summed E-state index contributed by atoms with van der Waals surface area (Å²) in [7, 11) is 1.72. The van der Waals surface area contributed by atoms with Crippen molar-refractivity contribution < 1.29 is 14.9 Å². The van der Waals surface area contributed by atoms with Crippen LogP contribution in [-0.2, 0) is 0 Å². The highest BCUT2D eigenvalue weighted by Crippen LogP contribution is 2.30. The van der Waals surface area contributed by atoms with Crippen LogP contribution in [0.15, 0.2) is 22.7 Å². The number of halogens is 1. The highest BCUT2D eigenvalue weighted by molar-refractivity contribution is 9.10. The first kappa shape index (κ1) is 14.4. The molecule has 96 valence electrons. The van der Waals surface area contributed by atoms with Crippen molar-refractivity contribution in [2.45, 2.75) is 19.1 Å². The Hall–Kier alpha value is -0.620. The zero-order valence-corrected chi connectivity index (χ0v) is 11.6. The van der Waals surface area contributed by atoms with E-state index in [0.29, 0.717) is 24.5 Å². The van der Waals surface area contributed by atoms with Gasteiger partial charge in [-0.15, -0.1) is 0 Å². The molecule has 0 fully saturated rings. The maximum absolute atomic E-state index is 10.1. The topological polar surface area (TPSA) is 61.7 Å². The fraction of sp³-hybridized carbons (Fsp3) is 0.500. The molecule has 2 unspecified atom stereocenters. The molecule has 17 heavy (non-hydrogen) atoms. The first-order valence-corrected chi connectivity index (χ1v) is 6.32. The van der Waals surface area contributed by atoms with E-state index in [1.165, 1.54) is 0 Å². The summed E-state index contributed by atoms with van der Waals surface area (Å²) in [5.41, 5.74) is 0.587. The minimum Gasteiger partial charge on any atom is -0.493 e. The van der Waals surface area contributed by atoms with Gasteiger partial charge in [0.05, 0.1) is 12.7 Å². The zero-order chi connectivity index (χ0) is 12.8. The van der Waals surface area contributed by atoms with Gasteiger partial charge >= 0.3 is 0 Å². The number of benzene rings is 1. The number of likely N-dealkylation sites (N-methyl/N-ethyl adjacent to an activating group) is 1. The molecule has 0 aromatic heterocycles. The first-order chi connectivity index (χ1) is 8.10. The Morgan fingerprint density at radius 1 is 1.41 bits per heavy atom. The van der Waals surface area contributed by atoms with E-state index in [1.54, 1.807) is 19.2 Å². The lowest BCUT2D eigenvalue weighted by molar-refractivity contribution is 0.0185. The number of aliphatic hydroxyl groups is 2. The van der Waals surface area contributed by atoms with Crippen LogP contribution in [0.2, 0.25) is 0 Å². The normalized spacial score (nSPS) is 14.4. The predicted molar refractivity (Wildman–Crippen MR) is 70.2 cm³/mol. The fourth-order valence-corrected chi connectivity index (χ4v) is 1.94. The van der Waals surface area contributed by atoms with Crippen LogP contribution in [0.25, 0.3) is 0 Å². The van der Waals surface area contributed by atoms with Gasteiger partial charge in [0.15, 0.2) is 0 Å². The third-order valence-electron chi connectivity index (χ3n) is 2.37. The second kappa shape index (κ2) is 6.96. The highest BCUT2D eigenvalue weighted by Gasteiger charge is 2.21. The van der Waals surface area contributed by atoms with Crippen LogP contribution in [0.3, 0.4) is 0 Å². The lowest BCUT2D eigenvalue weighted by Crippen LogP contribution is -2.29. The minimum absolute atomic E-state index is 0.319. The van der Waals surface area contributed by atoms with E-state index in [1.807, 2.05) is 13.0 Å². The number of hydrogen-bond donors (Lipinski definition) is 3. The molecule has 1 aromatic carbocycles. The number of rotatable bonds is 6. The molecule has 0 saturated heterocycles. The predicted octanol–water partition coefficient (Wildman–Crippen LogP) is 1.46. The van der Waals surface area contributed by atoms with Crippen molar-refractivity contribution in [3.05, 3.63) is 28.2 Å². The molecule has 1 rings (SSSR count). The Kier molecular flexibility index (Phi) is 5.91. The molecule has 0 aliphatic heterocycles. The van der Waals surface area contributed by atoms with Crippen LogP contribution >= 0.6 is 15.9 Å². The molecule has 0 aliphatic rings. The molecule has 0 aliphatic carbocycles. The van der Waals surface area contributed by atoms with E-state index < -0.39 is 12.2 Å². The molecule has 0 spiro atoms. The zero-order valence-electron chi connectivity index (χ0n) is 9.98. The third-order valence-corrected chi connectivity index (χ3v) is 2.86. The van der Waals surface area contributed by atoms with Crippen LogP contribution in [0.5, 0.6) is 5.75 Å². The van der Waals surface area contributed by atoms with E-state index >= 15 is 0 Å². The molecule has 0 bridgehead atoms. The van der Waals surface area contributed by atoms with Gasteiger partial charge in [-0.25, -0.2) is 0 Å². The standard InChI is InChI=1S/C12H18BrNO3/c1-3-17-11-5-4-8(13)6-9(11)12(16)10(15)7-14-2/h4-6,10,12,14-16H,3,7H2,1-2H3. The van der Waals surface area contributed by atoms with Crippen molar-refractivity contribution in [1.82, 2.24) is 5.32 Å². The van der Waals surface area contributed by atoms with Gasteiger partial charge in [0.2, 0.25) is 0 Å². The highest BCUT2D eigenvalue weighted by atomic mass is 79.9. The maximum atomic E-state index is 10.1. The molecule has 0 heterocycles. The SMILES string of the molecule is CCOc1ccc(Br)cc1C(O)C(O)CNC. The van der Waals surface area contributed by atoms with Crippen LogP contribution < -0.4 is 10.1 Å². The van der Waals surface area contributed by atoms with Crippen LogP contribution in [0.1, 0.15) is 18.6 Å². The number of aliphatic hydroxyl groups excluding tert-OH is 2. The summed E-state index contributed by atoms with van der Waals surface area (Å²) in [5, 5.41) is 22.7. The van der Waals surface area contributed by atoms with Gasteiger partial charge in [0.1, 0.15) is 11.9 Å². The summed E-state index contributed by atoms with van der Waals surface area (Å²) in [6, 6.07) is 5.37. The molecule has 3 N–H and O–H groups in total. The van der Waals surface area contributed by atoms with Crippen LogP contribution in [-0.4, -0.2) is 36.5 Å². The third kappa shape index (κ3) is 3.96.